The van der Waals surface area contributed by atoms with E-state index in [0.717, 1.165) is 18.4 Å². The highest BCUT2D eigenvalue weighted by molar-refractivity contribution is 7.89. The summed E-state index contributed by atoms with van der Waals surface area (Å²) in [6, 6.07) is 8.22. The molecule has 1 saturated carbocycles. The van der Waals surface area contributed by atoms with Crippen molar-refractivity contribution in [3.63, 3.8) is 0 Å². The van der Waals surface area contributed by atoms with Gasteiger partial charge in [-0.1, -0.05) is 36.2 Å². The van der Waals surface area contributed by atoms with Crippen molar-refractivity contribution in [3.05, 3.63) is 35.4 Å². The number of aryl methyl sites for hydroxylation is 1. The molecule has 0 saturated heterocycles. The summed E-state index contributed by atoms with van der Waals surface area (Å²) in [5, 5.41) is 6.24. The predicted molar refractivity (Wildman–Crippen MR) is 98.5 cm³/mol. The number of benzene rings is 1. The lowest BCUT2D eigenvalue weighted by molar-refractivity contribution is 0.316. The lowest BCUT2D eigenvalue weighted by atomic mass is 9.86. The second-order valence-corrected chi connectivity index (χ2v) is 8.23. The molecule has 0 radical (unpaired) electrons. The van der Waals surface area contributed by atoms with Crippen LogP contribution >= 0.6 is 0 Å². The summed E-state index contributed by atoms with van der Waals surface area (Å²) in [5.41, 5.74) is 2.37. The molecule has 0 heterocycles. The SMILES string of the molecule is CN=C(NCCS(=O)(=O)NCC1CCC1)NCc1cccc(C)c1. The maximum atomic E-state index is 12.0. The van der Waals surface area contributed by atoms with Crippen LogP contribution in [0.2, 0.25) is 0 Å². The van der Waals surface area contributed by atoms with Crippen molar-refractivity contribution in [2.24, 2.45) is 10.9 Å². The summed E-state index contributed by atoms with van der Waals surface area (Å²) in [4.78, 5) is 4.12. The molecule has 1 aliphatic rings. The van der Waals surface area contributed by atoms with Crippen LogP contribution in [0.25, 0.3) is 0 Å². The summed E-state index contributed by atoms with van der Waals surface area (Å²) in [7, 11) is -1.55. The van der Waals surface area contributed by atoms with Crippen LogP contribution in [0.3, 0.4) is 0 Å². The van der Waals surface area contributed by atoms with Gasteiger partial charge in [0.1, 0.15) is 0 Å². The first-order valence-electron chi connectivity index (χ1n) is 8.46. The summed E-state index contributed by atoms with van der Waals surface area (Å²) < 4.78 is 26.6. The Balaban J connectivity index is 1.68. The van der Waals surface area contributed by atoms with Crippen LogP contribution in [0.1, 0.15) is 30.4 Å². The van der Waals surface area contributed by atoms with E-state index in [-0.39, 0.29) is 5.75 Å². The Kier molecular flexibility index (Phi) is 7.05. The van der Waals surface area contributed by atoms with Gasteiger partial charge in [-0.3, -0.25) is 4.99 Å². The van der Waals surface area contributed by atoms with Crippen LogP contribution in [0.15, 0.2) is 29.3 Å². The molecular weight excluding hydrogens is 324 g/mol. The first-order chi connectivity index (χ1) is 11.5. The Morgan fingerprint density at radius 2 is 2.08 bits per heavy atom. The molecule has 7 heteroatoms. The fourth-order valence-corrected chi connectivity index (χ4v) is 3.55. The maximum Gasteiger partial charge on any atom is 0.213 e. The normalized spacial score (nSPS) is 15.8. The van der Waals surface area contributed by atoms with Crippen LogP contribution in [0.4, 0.5) is 0 Å². The first-order valence-corrected chi connectivity index (χ1v) is 10.1. The molecule has 0 spiro atoms. The number of sulfonamides is 1. The van der Waals surface area contributed by atoms with E-state index in [1.54, 1.807) is 7.05 Å². The van der Waals surface area contributed by atoms with E-state index < -0.39 is 10.0 Å². The van der Waals surface area contributed by atoms with Gasteiger partial charge in [-0.25, -0.2) is 13.1 Å². The minimum Gasteiger partial charge on any atom is -0.355 e. The Morgan fingerprint density at radius 3 is 2.71 bits per heavy atom. The molecule has 0 aliphatic heterocycles. The summed E-state index contributed by atoms with van der Waals surface area (Å²) in [6.07, 6.45) is 3.49. The molecule has 3 N–H and O–H groups in total. The third kappa shape index (κ3) is 6.49. The predicted octanol–water partition coefficient (Wildman–Crippen LogP) is 1.38. The van der Waals surface area contributed by atoms with Gasteiger partial charge >= 0.3 is 0 Å². The van der Waals surface area contributed by atoms with Crippen molar-refractivity contribution < 1.29 is 8.42 Å². The van der Waals surface area contributed by atoms with Gasteiger partial charge in [-0.2, -0.15) is 0 Å². The zero-order valence-corrected chi connectivity index (χ0v) is 15.3. The van der Waals surface area contributed by atoms with Crippen LogP contribution in [-0.4, -0.2) is 40.3 Å². The minimum absolute atomic E-state index is 0.0465. The highest BCUT2D eigenvalue weighted by Crippen LogP contribution is 2.25. The van der Waals surface area contributed by atoms with E-state index in [9.17, 15) is 8.42 Å². The third-order valence-corrected chi connectivity index (χ3v) is 5.59. The van der Waals surface area contributed by atoms with Crippen molar-refractivity contribution >= 4 is 16.0 Å². The molecule has 1 fully saturated rings. The van der Waals surface area contributed by atoms with Gasteiger partial charge in [0, 0.05) is 26.7 Å². The molecule has 2 rings (SSSR count). The molecule has 1 aromatic carbocycles. The largest absolute Gasteiger partial charge is 0.355 e. The highest BCUT2D eigenvalue weighted by atomic mass is 32.2. The molecule has 6 nitrogen and oxygen atoms in total. The van der Waals surface area contributed by atoms with Crippen molar-refractivity contribution in [2.75, 3.05) is 25.9 Å². The number of aliphatic imine (C=N–C) groups is 1. The van der Waals surface area contributed by atoms with Gasteiger partial charge in [-0.05, 0) is 31.2 Å². The topological polar surface area (TPSA) is 82.6 Å². The van der Waals surface area contributed by atoms with Gasteiger partial charge in [0.15, 0.2) is 5.96 Å². The highest BCUT2D eigenvalue weighted by Gasteiger charge is 2.19. The summed E-state index contributed by atoms with van der Waals surface area (Å²) >= 11 is 0. The zero-order valence-electron chi connectivity index (χ0n) is 14.5. The van der Waals surface area contributed by atoms with Crippen LogP contribution in [-0.2, 0) is 16.6 Å². The standard InChI is InChI=1S/C17H28N4O2S/c1-14-5-3-8-16(11-14)12-20-17(18-2)19-9-10-24(22,23)21-13-15-6-4-7-15/h3,5,8,11,15,21H,4,6-7,9-10,12-13H2,1-2H3,(H2,18,19,20). The van der Waals surface area contributed by atoms with E-state index >= 15 is 0 Å². The molecule has 134 valence electrons. The number of guanidine groups is 1. The summed E-state index contributed by atoms with van der Waals surface area (Å²) in [6.45, 7) is 3.60. The Labute approximate surface area is 145 Å². The fourth-order valence-electron chi connectivity index (χ4n) is 2.55. The van der Waals surface area contributed by atoms with Crippen molar-refractivity contribution in [1.29, 1.82) is 0 Å². The number of nitrogens with one attached hydrogen (secondary N) is 3. The van der Waals surface area contributed by atoms with Crippen molar-refractivity contribution in [1.82, 2.24) is 15.4 Å². The van der Waals surface area contributed by atoms with E-state index in [2.05, 4.69) is 39.4 Å². The molecule has 1 aromatic rings. The van der Waals surface area contributed by atoms with Crippen LogP contribution < -0.4 is 15.4 Å². The Morgan fingerprint density at radius 1 is 1.29 bits per heavy atom. The summed E-state index contributed by atoms with van der Waals surface area (Å²) in [5.74, 6) is 1.17. The van der Waals surface area contributed by atoms with E-state index in [1.165, 1.54) is 12.0 Å². The molecule has 1 aliphatic carbocycles. The molecule has 0 bridgehead atoms. The molecular formula is C17H28N4O2S. The second-order valence-electron chi connectivity index (χ2n) is 6.31. The molecule has 24 heavy (non-hydrogen) atoms. The van der Waals surface area contributed by atoms with Crippen molar-refractivity contribution in [3.8, 4) is 0 Å². The van der Waals surface area contributed by atoms with Gasteiger partial charge in [0.2, 0.25) is 10.0 Å². The lowest BCUT2D eigenvalue weighted by Gasteiger charge is -2.25. The van der Waals surface area contributed by atoms with E-state index in [4.69, 9.17) is 0 Å². The molecule has 0 unspecified atom stereocenters. The first kappa shape index (κ1) is 18.7. The average molecular weight is 353 g/mol. The quantitative estimate of drug-likeness (QED) is 0.488. The number of hydrogen-bond donors (Lipinski definition) is 3. The Bertz CT molecular complexity index is 654. The molecule has 0 atom stereocenters. The third-order valence-electron chi connectivity index (χ3n) is 4.25. The monoisotopic (exact) mass is 352 g/mol. The smallest absolute Gasteiger partial charge is 0.213 e. The number of nitrogens with zero attached hydrogens (tertiary/aromatic N) is 1. The maximum absolute atomic E-state index is 12.0. The van der Waals surface area contributed by atoms with Gasteiger partial charge in [0.25, 0.3) is 0 Å². The molecule has 0 amide bonds. The number of hydrogen-bond acceptors (Lipinski definition) is 3. The van der Waals surface area contributed by atoms with E-state index in [1.807, 2.05) is 12.1 Å². The van der Waals surface area contributed by atoms with Crippen molar-refractivity contribution in [2.45, 2.75) is 32.7 Å². The van der Waals surface area contributed by atoms with Crippen LogP contribution in [0.5, 0.6) is 0 Å². The van der Waals surface area contributed by atoms with Gasteiger partial charge < -0.3 is 10.6 Å². The lowest BCUT2D eigenvalue weighted by Crippen LogP contribution is -2.41. The molecule has 0 aromatic heterocycles. The zero-order chi connectivity index (χ0) is 17.4. The Hall–Kier alpha value is -1.60. The van der Waals surface area contributed by atoms with Gasteiger partial charge in [0.05, 0.1) is 5.75 Å². The van der Waals surface area contributed by atoms with E-state index in [0.29, 0.717) is 31.5 Å². The minimum atomic E-state index is -3.22. The second kappa shape index (κ2) is 9.03. The van der Waals surface area contributed by atoms with Crippen LogP contribution in [0, 0.1) is 12.8 Å². The number of rotatable bonds is 8. The average Bonchev–Trinajstić information content (AvgIpc) is 2.49. The fraction of sp³-hybridized carbons (Fsp3) is 0.588. The van der Waals surface area contributed by atoms with Gasteiger partial charge in [-0.15, -0.1) is 0 Å².